The van der Waals surface area contributed by atoms with Gasteiger partial charge in [0.15, 0.2) is 0 Å². The number of benzene rings is 1. The van der Waals surface area contributed by atoms with Crippen molar-refractivity contribution in [2.45, 2.75) is 0 Å². The zero-order valence-electron chi connectivity index (χ0n) is 9.43. The number of rotatable bonds is 5. The molecule has 1 heterocycles. The van der Waals surface area contributed by atoms with Gasteiger partial charge < -0.3 is 5.32 Å². The van der Waals surface area contributed by atoms with Crippen molar-refractivity contribution in [3.8, 4) is 0 Å². The van der Waals surface area contributed by atoms with Crippen molar-refractivity contribution in [3.63, 3.8) is 0 Å². The highest BCUT2D eigenvalue weighted by atomic mass is 32.2. The van der Waals surface area contributed by atoms with Crippen LogP contribution < -0.4 is 10.0 Å². The lowest BCUT2D eigenvalue weighted by Crippen LogP contribution is -2.24. The smallest absolute Gasteiger partial charge is 0.233 e. The number of nitrogens with one attached hydrogen (secondary N) is 2. The van der Waals surface area contributed by atoms with E-state index in [2.05, 4.69) is 10.0 Å². The normalized spacial score (nSPS) is 11.8. The Kier molecular flexibility index (Phi) is 3.66. The Morgan fingerprint density at radius 1 is 1.29 bits per heavy atom. The second-order valence-corrected chi connectivity index (χ2v) is 6.49. The Bertz CT molecular complexity index is 605. The Balaban J connectivity index is 2.17. The number of hydrogen-bond acceptors (Lipinski definition) is 4. The van der Waals surface area contributed by atoms with Gasteiger partial charge in [0.1, 0.15) is 0 Å². The maximum absolute atomic E-state index is 11.7. The molecule has 0 aliphatic rings. The molecule has 4 nitrogen and oxygen atoms in total. The van der Waals surface area contributed by atoms with Crippen LogP contribution in [0.1, 0.15) is 0 Å². The second kappa shape index (κ2) is 5.03. The van der Waals surface area contributed by atoms with Gasteiger partial charge in [-0.2, -0.15) is 0 Å². The minimum Gasteiger partial charge on any atom is -0.319 e. The van der Waals surface area contributed by atoms with Gasteiger partial charge in [-0.1, -0.05) is 0 Å². The molecule has 2 aromatic rings. The summed E-state index contributed by atoms with van der Waals surface area (Å²) in [6, 6.07) is 7.54. The topological polar surface area (TPSA) is 58.2 Å². The number of fused-ring (bicyclic) bond motifs is 1. The highest BCUT2D eigenvalue weighted by Gasteiger charge is 2.09. The van der Waals surface area contributed by atoms with Crippen molar-refractivity contribution < 1.29 is 8.42 Å². The molecule has 0 amide bonds. The molecular weight excluding hydrogens is 256 g/mol. The van der Waals surface area contributed by atoms with Crippen LogP contribution in [0.4, 0.5) is 5.69 Å². The molecule has 0 aliphatic carbocycles. The van der Waals surface area contributed by atoms with Gasteiger partial charge in [0.05, 0.1) is 5.75 Å². The van der Waals surface area contributed by atoms with Gasteiger partial charge in [0.2, 0.25) is 10.0 Å². The minimum atomic E-state index is -3.26. The Labute approximate surface area is 105 Å². The fourth-order valence-electron chi connectivity index (χ4n) is 1.50. The first-order valence-electron chi connectivity index (χ1n) is 5.23. The van der Waals surface area contributed by atoms with Crippen molar-refractivity contribution in [1.82, 2.24) is 5.32 Å². The van der Waals surface area contributed by atoms with E-state index in [-0.39, 0.29) is 5.75 Å². The molecule has 2 rings (SSSR count). The molecule has 0 radical (unpaired) electrons. The third kappa shape index (κ3) is 3.18. The van der Waals surface area contributed by atoms with Crippen molar-refractivity contribution in [1.29, 1.82) is 0 Å². The van der Waals surface area contributed by atoms with E-state index in [0.717, 1.165) is 10.1 Å². The van der Waals surface area contributed by atoms with Gasteiger partial charge >= 0.3 is 0 Å². The van der Waals surface area contributed by atoms with Gasteiger partial charge in [-0.3, -0.25) is 4.72 Å². The predicted molar refractivity (Wildman–Crippen MR) is 73.2 cm³/mol. The Morgan fingerprint density at radius 2 is 2.12 bits per heavy atom. The third-order valence-corrected chi connectivity index (χ3v) is 4.53. The maximum atomic E-state index is 11.7. The van der Waals surface area contributed by atoms with Crippen LogP contribution in [-0.2, 0) is 10.0 Å². The monoisotopic (exact) mass is 270 g/mol. The molecular formula is C11H14N2O2S2. The largest absolute Gasteiger partial charge is 0.319 e. The fraction of sp³-hybridized carbons (Fsp3) is 0.273. The molecule has 0 atom stereocenters. The van der Waals surface area contributed by atoms with Crippen LogP contribution in [0.25, 0.3) is 10.1 Å². The summed E-state index contributed by atoms with van der Waals surface area (Å²) in [5, 5.41) is 5.87. The summed E-state index contributed by atoms with van der Waals surface area (Å²) in [5.74, 6) is 0.0746. The van der Waals surface area contributed by atoms with Crippen molar-refractivity contribution in [2.75, 3.05) is 24.1 Å². The first kappa shape index (κ1) is 12.3. The molecule has 0 unspecified atom stereocenters. The Hall–Kier alpha value is -1.11. The number of sulfonamides is 1. The number of hydrogen-bond donors (Lipinski definition) is 2. The standard InChI is InChI=1S/C11H14N2O2S2/c1-12-5-7-17(14,15)13-10-2-3-11-9(8-10)4-6-16-11/h2-4,6,8,12-13H,5,7H2,1H3. The van der Waals surface area contributed by atoms with Gasteiger partial charge in [0.25, 0.3) is 0 Å². The molecule has 1 aromatic carbocycles. The van der Waals surface area contributed by atoms with Crippen molar-refractivity contribution in [3.05, 3.63) is 29.6 Å². The van der Waals surface area contributed by atoms with E-state index in [0.29, 0.717) is 12.2 Å². The highest BCUT2D eigenvalue weighted by molar-refractivity contribution is 7.92. The quantitative estimate of drug-likeness (QED) is 0.872. The van der Waals surface area contributed by atoms with Crippen LogP contribution in [0.15, 0.2) is 29.6 Å². The predicted octanol–water partition coefficient (Wildman–Crippen LogP) is 1.86. The molecule has 92 valence electrons. The molecule has 1 aromatic heterocycles. The molecule has 0 saturated heterocycles. The van der Waals surface area contributed by atoms with Gasteiger partial charge in [-0.15, -0.1) is 11.3 Å². The van der Waals surface area contributed by atoms with Crippen molar-refractivity contribution >= 4 is 37.1 Å². The van der Waals surface area contributed by atoms with E-state index in [9.17, 15) is 8.42 Å². The summed E-state index contributed by atoms with van der Waals surface area (Å²) in [7, 11) is -1.53. The van der Waals surface area contributed by atoms with Crippen LogP contribution in [0.5, 0.6) is 0 Å². The van der Waals surface area contributed by atoms with Crippen LogP contribution in [0, 0.1) is 0 Å². The van der Waals surface area contributed by atoms with Crippen LogP contribution >= 0.6 is 11.3 Å². The Morgan fingerprint density at radius 3 is 2.88 bits per heavy atom. The fourth-order valence-corrected chi connectivity index (χ4v) is 3.33. The minimum absolute atomic E-state index is 0.0746. The van der Waals surface area contributed by atoms with Crippen molar-refractivity contribution in [2.24, 2.45) is 0 Å². The average Bonchev–Trinajstić information content (AvgIpc) is 2.73. The summed E-state index contributed by atoms with van der Waals surface area (Å²) in [4.78, 5) is 0. The van der Waals surface area contributed by atoms with Gasteiger partial charge in [-0.25, -0.2) is 8.42 Å². The SMILES string of the molecule is CNCCS(=O)(=O)Nc1ccc2sccc2c1. The zero-order valence-corrected chi connectivity index (χ0v) is 11.1. The van der Waals surface area contributed by atoms with Gasteiger partial charge in [0, 0.05) is 16.9 Å². The summed E-state index contributed by atoms with van der Waals surface area (Å²) >= 11 is 1.64. The van der Waals surface area contributed by atoms with Crippen LogP contribution in [0.2, 0.25) is 0 Å². The first-order chi connectivity index (χ1) is 8.11. The summed E-state index contributed by atoms with van der Waals surface area (Å²) < 4.78 is 27.1. The molecule has 0 saturated carbocycles. The lowest BCUT2D eigenvalue weighted by atomic mass is 10.2. The number of thiophene rings is 1. The van der Waals surface area contributed by atoms with Crippen LogP contribution in [-0.4, -0.2) is 27.8 Å². The van der Waals surface area contributed by atoms with E-state index in [1.165, 1.54) is 0 Å². The molecule has 6 heteroatoms. The van der Waals surface area contributed by atoms with E-state index in [1.54, 1.807) is 24.5 Å². The molecule has 17 heavy (non-hydrogen) atoms. The first-order valence-corrected chi connectivity index (χ1v) is 7.76. The van der Waals surface area contributed by atoms with E-state index in [1.807, 2.05) is 23.6 Å². The second-order valence-electron chi connectivity index (χ2n) is 3.70. The lowest BCUT2D eigenvalue weighted by molar-refractivity contribution is 0.599. The zero-order chi connectivity index (χ0) is 12.3. The summed E-state index contributed by atoms with van der Waals surface area (Å²) in [5.41, 5.74) is 0.618. The average molecular weight is 270 g/mol. The third-order valence-electron chi connectivity index (χ3n) is 2.35. The van der Waals surface area contributed by atoms with E-state index < -0.39 is 10.0 Å². The molecule has 0 spiro atoms. The van der Waals surface area contributed by atoms with Crippen LogP contribution in [0.3, 0.4) is 0 Å². The molecule has 0 bridgehead atoms. The summed E-state index contributed by atoms with van der Waals surface area (Å²) in [6.07, 6.45) is 0. The molecule has 2 N–H and O–H groups in total. The van der Waals surface area contributed by atoms with E-state index >= 15 is 0 Å². The lowest BCUT2D eigenvalue weighted by Gasteiger charge is -2.07. The number of anilines is 1. The maximum Gasteiger partial charge on any atom is 0.233 e. The molecule has 0 aliphatic heterocycles. The van der Waals surface area contributed by atoms with Gasteiger partial charge in [-0.05, 0) is 42.1 Å². The highest BCUT2D eigenvalue weighted by Crippen LogP contribution is 2.24. The molecule has 0 fully saturated rings. The summed E-state index contributed by atoms with van der Waals surface area (Å²) in [6.45, 7) is 0.441. The van der Waals surface area contributed by atoms with E-state index in [4.69, 9.17) is 0 Å².